The molecule has 0 aliphatic carbocycles. The summed E-state index contributed by atoms with van der Waals surface area (Å²) in [7, 11) is 0. The molecule has 2 aromatic rings. The van der Waals surface area contributed by atoms with Crippen LogP contribution in [0.2, 0.25) is 0 Å². The molecule has 4 heteroatoms. The summed E-state index contributed by atoms with van der Waals surface area (Å²) in [5.41, 5.74) is 0.501. The minimum absolute atomic E-state index is 0.0981. The van der Waals surface area contributed by atoms with Gasteiger partial charge in [-0.25, -0.2) is 0 Å². The number of carbonyl (C=O) groups is 1. The van der Waals surface area contributed by atoms with Crippen LogP contribution in [0.3, 0.4) is 0 Å². The van der Waals surface area contributed by atoms with Crippen LogP contribution in [0.5, 0.6) is 0 Å². The first-order valence-electron chi connectivity index (χ1n) is 5.63. The average molecular weight is 259 g/mol. The average Bonchev–Trinajstić information content (AvgIpc) is 2.65. The molecule has 0 N–H and O–H groups in total. The summed E-state index contributed by atoms with van der Waals surface area (Å²) in [5.74, 6) is -0.0981. The quantitative estimate of drug-likeness (QED) is 0.772. The highest BCUT2D eigenvalue weighted by molar-refractivity contribution is 7.07. The number of Topliss-reactive ketones (excluding diaryl/α,β-unsaturated/α-hetero) is 1. The Morgan fingerprint density at radius 1 is 1.39 bits per heavy atom. The first kappa shape index (κ1) is 12.5. The SMILES string of the molecule is C=c1s/c(=C/C(=O)c2ccccc2)n(CC)c1=O. The third-order valence-electron chi connectivity index (χ3n) is 2.61. The number of thiazole rings is 1. The van der Waals surface area contributed by atoms with Gasteiger partial charge in [0.25, 0.3) is 5.56 Å². The van der Waals surface area contributed by atoms with Crippen LogP contribution in [-0.4, -0.2) is 10.4 Å². The number of benzene rings is 1. The van der Waals surface area contributed by atoms with E-state index in [0.717, 1.165) is 0 Å². The lowest BCUT2D eigenvalue weighted by Gasteiger charge is -1.96. The van der Waals surface area contributed by atoms with Crippen molar-refractivity contribution in [3.05, 3.63) is 55.4 Å². The highest BCUT2D eigenvalue weighted by Crippen LogP contribution is 2.00. The first-order chi connectivity index (χ1) is 8.63. The van der Waals surface area contributed by atoms with Gasteiger partial charge in [-0.2, -0.15) is 0 Å². The van der Waals surface area contributed by atoms with E-state index < -0.39 is 0 Å². The van der Waals surface area contributed by atoms with E-state index in [1.54, 1.807) is 16.7 Å². The van der Waals surface area contributed by atoms with Crippen LogP contribution in [0, 0.1) is 0 Å². The number of nitrogens with zero attached hydrogens (tertiary/aromatic N) is 1. The molecular weight excluding hydrogens is 246 g/mol. The summed E-state index contributed by atoms with van der Waals surface area (Å²) < 4.78 is 2.68. The van der Waals surface area contributed by atoms with E-state index in [1.165, 1.54) is 17.4 Å². The Labute approximate surface area is 108 Å². The molecule has 0 aliphatic rings. The topological polar surface area (TPSA) is 39.1 Å². The van der Waals surface area contributed by atoms with E-state index in [-0.39, 0.29) is 11.3 Å². The Morgan fingerprint density at radius 2 is 2.06 bits per heavy atom. The Balaban J connectivity index is 2.53. The van der Waals surface area contributed by atoms with Gasteiger partial charge in [-0.1, -0.05) is 36.9 Å². The molecule has 0 unspecified atom stereocenters. The maximum absolute atomic E-state index is 12.0. The van der Waals surface area contributed by atoms with E-state index >= 15 is 0 Å². The monoisotopic (exact) mass is 259 g/mol. The predicted molar refractivity (Wildman–Crippen MR) is 74.3 cm³/mol. The lowest BCUT2D eigenvalue weighted by Crippen LogP contribution is -2.30. The zero-order chi connectivity index (χ0) is 13.1. The van der Waals surface area contributed by atoms with E-state index in [2.05, 4.69) is 6.58 Å². The summed E-state index contributed by atoms with van der Waals surface area (Å²) in [4.78, 5) is 23.7. The maximum Gasteiger partial charge on any atom is 0.268 e. The maximum atomic E-state index is 12.0. The van der Waals surface area contributed by atoms with Crippen LogP contribution in [0.1, 0.15) is 17.3 Å². The van der Waals surface area contributed by atoms with E-state index in [4.69, 9.17) is 0 Å². The fraction of sp³-hybridized carbons (Fsp3) is 0.143. The second-order valence-electron chi connectivity index (χ2n) is 3.79. The second kappa shape index (κ2) is 5.14. The molecule has 0 saturated heterocycles. The summed E-state index contributed by atoms with van der Waals surface area (Å²) in [5, 5.41) is 0. The fourth-order valence-corrected chi connectivity index (χ4v) is 2.62. The second-order valence-corrected chi connectivity index (χ2v) is 4.90. The van der Waals surface area contributed by atoms with Gasteiger partial charge in [-0.15, -0.1) is 11.3 Å². The van der Waals surface area contributed by atoms with E-state index in [0.29, 0.717) is 21.3 Å². The van der Waals surface area contributed by atoms with Crippen molar-refractivity contribution in [2.45, 2.75) is 13.5 Å². The van der Waals surface area contributed by atoms with Crippen molar-refractivity contribution in [2.75, 3.05) is 0 Å². The molecule has 2 rings (SSSR count). The molecule has 3 nitrogen and oxygen atoms in total. The molecule has 0 spiro atoms. The molecule has 1 heterocycles. The molecule has 18 heavy (non-hydrogen) atoms. The van der Waals surface area contributed by atoms with Crippen LogP contribution in [0.4, 0.5) is 0 Å². The van der Waals surface area contributed by atoms with Crippen LogP contribution in [0.25, 0.3) is 12.7 Å². The molecule has 92 valence electrons. The van der Waals surface area contributed by atoms with Gasteiger partial charge in [-0.05, 0) is 6.92 Å². The third-order valence-corrected chi connectivity index (χ3v) is 3.57. The van der Waals surface area contributed by atoms with Crippen LogP contribution < -0.4 is 14.8 Å². The minimum Gasteiger partial charge on any atom is -0.299 e. The summed E-state index contributed by atoms with van der Waals surface area (Å²) in [6, 6.07) is 9.00. The van der Waals surface area contributed by atoms with Crippen molar-refractivity contribution in [3.8, 4) is 0 Å². The Bertz CT molecular complexity index is 725. The largest absolute Gasteiger partial charge is 0.299 e. The molecular formula is C14H13NO2S. The van der Waals surface area contributed by atoms with Gasteiger partial charge in [0.05, 0.1) is 4.53 Å². The van der Waals surface area contributed by atoms with Crippen molar-refractivity contribution in [1.29, 1.82) is 0 Å². The van der Waals surface area contributed by atoms with Crippen LogP contribution in [-0.2, 0) is 6.54 Å². The van der Waals surface area contributed by atoms with E-state index in [1.807, 2.05) is 25.1 Å². The van der Waals surface area contributed by atoms with Crippen molar-refractivity contribution < 1.29 is 4.79 Å². The van der Waals surface area contributed by atoms with Gasteiger partial charge < -0.3 is 0 Å². The molecule has 0 fully saturated rings. The van der Waals surface area contributed by atoms with Crippen molar-refractivity contribution in [2.24, 2.45) is 0 Å². The summed E-state index contributed by atoms with van der Waals surface area (Å²) in [6.45, 7) is 6.10. The molecule has 0 amide bonds. The molecule has 0 aliphatic heterocycles. The standard InChI is InChI=1S/C14H13NO2S/c1-3-15-13(18-10(2)14(15)17)9-12(16)11-7-5-4-6-8-11/h4-9H,2-3H2,1H3/b13-9+. The van der Waals surface area contributed by atoms with Gasteiger partial charge in [0, 0.05) is 18.2 Å². The Kier molecular flexibility index (Phi) is 3.58. The van der Waals surface area contributed by atoms with Crippen molar-refractivity contribution in [3.63, 3.8) is 0 Å². The third kappa shape index (κ3) is 2.33. The molecule has 0 atom stereocenters. The molecule has 0 saturated carbocycles. The highest BCUT2D eigenvalue weighted by Gasteiger charge is 2.05. The number of hydrogen-bond acceptors (Lipinski definition) is 3. The van der Waals surface area contributed by atoms with Crippen molar-refractivity contribution in [1.82, 2.24) is 4.57 Å². The zero-order valence-electron chi connectivity index (χ0n) is 10.1. The lowest BCUT2D eigenvalue weighted by molar-refractivity contribution is 0.106. The first-order valence-corrected chi connectivity index (χ1v) is 6.45. The Hall–Kier alpha value is -1.94. The molecule has 1 aromatic carbocycles. The van der Waals surface area contributed by atoms with Gasteiger partial charge in [0.2, 0.25) is 0 Å². The summed E-state index contributed by atoms with van der Waals surface area (Å²) in [6.07, 6.45) is 1.50. The number of hydrogen-bond donors (Lipinski definition) is 0. The van der Waals surface area contributed by atoms with Gasteiger partial charge in [0.15, 0.2) is 5.78 Å². The molecule has 0 bridgehead atoms. The fourth-order valence-electron chi connectivity index (χ4n) is 1.68. The number of ketones is 1. The van der Waals surface area contributed by atoms with Crippen LogP contribution >= 0.6 is 11.3 Å². The lowest BCUT2D eigenvalue weighted by atomic mass is 10.1. The number of aromatic nitrogens is 1. The zero-order valence-corrected chi connectivity index (χ0v) is 10.9. The normalized spacial score (nSPS) is 11.7. The van der Waals surface area contributed by atoms with Crippen LogP contribution in [0.15, 0.2) is 35.1 Å². The van der Waals surface area contributed by atoms with Crippen molar-refractivity contribution >= 4 is 29.8 Å². The molecule has 0 radical (unpaired) electrons. The predicted octanol–water partition coefficient (Wildman–Crippen LogP) is 1.00. The van der Waals surface area contributed by atoms with Gasteiger partial charge >= 0.3 is 0 Å². The smallest absolute Gasteiger partial charge is 0.268 e. The number of carbonyl (C=O) groups excluding carboxylic acids is 1. The minimum atomic E-state index is -0.116. The Morgan fingerprint density at radius 3 is 2.67 bits per heavy atom. The van der Waals surface area contributed by atoms with E-state index in [9.17, 15) is 9.59 Å². The summed E-state index contributed by atoms with van der Waals surface area (Å²) >= 11 is 1.25. The highest BCUT2D eigenvalue weighted by atomic mass is 32.1. The molecule has 1 aromatic heterocycles. The number of rotatable bonds is 3. The van der Waals surface area contributed by atoms with Gasteiger partial charge in [-0.3, -0.25) is 14.2 Å². The van der Waals surface area contributed by atoms with Gasteiger partial charge in [0.1, 0.15) is 4.66 Å².